The molecule has 12 heteroatoms. The molecule has 122 valence electrons. The number of rotatable bonds is 7. The van der Waals surface area contributed by atoms with Crippen LogP contribution in [0.4, 0.5) is 0 Å². The average Bonchev–Trinajstić information content (AvgIpc) is 3.04. The molecule has 0 heterocycles. The fraction of sp³-hybridized carbons (Fsp3) is 1.00. The first-order chi connectivity index (χ1) is 8.97. The van der Waals surface area contributed by atoms with Crippen LogP contribution < -0.4 is 15.4 Å². The molecule has 0 unspecified atom stereocenters. The zero-order chi connectivity index (χ0) is 16.0. The summed E-state index contributed by atoms with van der Waals surface area (Å²) < 4.78 is 52.0. The van der Waals surface area contributed by atoms with Crippen LogP contribution in [0.2, 0.25) is 0 Å². The first-order valence-electron chi connectivity index (χ1n) is 5.61. The lowest BCUT2D eigenvalue weighted by Gasteiger charge is -2.23. The SMILES string of the molecule is COC(CN(CC1CC1)S(N)(=O)=O)OC.NS(N)(=O)=O. The van der Waals surface area contributed by atoms with E-state index in [1.54, 1.807) is 0 Å². The van der Waals surface area contributed by atoms with Crippen molar-refractivity contribution in [2.24, 2.45) is 21.3 Å². The molecule has 0 atom stereocenters. The van der Waals surface area contributed by atoms with E-state index in [1.807, 2.05) is 0 Å². The summed E-state index contributed by atoms with van der Waals surface area (Å²) in [4.78, 5) is 0. The normalized spacial score (nSPS) is 16.1. The number of nitrogens with zero attached hydrogens (tertiary/aromatic N) is 1. The minimum absolute atomic E-state index is 0.141. The highest BCUT2D eigenvalue weighted by atomic mass is 32.2. The van der Waals surface area contributed by atoms with Crippen molar-refractivity contribution in [2.75, 3.05) is 27.3 Å². The van der Waals surface area contributed by atoms with Gasteiger partial charge >= 0.3 is 0 Å². The Balaban J connectivity index is 0.000000621. The van der Waals surface area contributed by atoms with Crippen molar-refractivity contribution in [2.45, 2.75) is 19.1 Å². The number of hydrogen-bond donors (Lipinski definition) is 3. The maximum Gasteiger partial charge on any atom is 0.277 e. The van der Waals surface area contributed by atoms with Gasteiger partial charge in [0.2, 0.25) is 0 Å². The molecular formula is C8H22N4O6S2. The number of hydrogen-bond acceptors (Lipinski definition) is 6. The highest BCUT2D eigenvalue weighted by Crippen LogP contribution is 2.30. The summed E-state index contributed by atoms with van der Waals surface area (Å²) in [6.07, 6.45) is 1.56. The minimum atomic E-state index is -3.67. The summed E-state index contributed by atoms with van der Waals surface area (Å²) in [6.45, 7) is 0.602. The van der Waals surface area contributed by atoms with Crippen LogP contribution in [0.3, 0.4) is 0 Å². The Morgan fingerprint density at radius 1 is 1.10 bits per heavy atom. The number of ether oxygens (including phenoxy) is 2. The van der Waals surface area contributed by atoms with Gasteiger partial charge in [0, 0.05) is 20.8 Å². The van der Waals surface area contributed by atoms with Gasteiger partial charge in [-0.05, 0) is 18.8 Å². The third-order valence-electron chi connectivity index (χ3n) is 2.40. The Bertz CT molecular complexity index is 463. The van der Waals surface area contributed by atoms with E-state index in [2.05, 4.69) is 10.3 Å². The van der Waals surface area contributed by atoms with E-state index >= 15 is 0 Å². The predicted octanol–water partition coefficient (Wildman–Crippen LogP) is -2.33. The molecule has 1 aliphatic rings. The first kappa shape index (κ1) is 19.7. The summed E-state index contributed by atoms with van der Waals surface area (Å²) in [6, 6.07) is 0. The van der Waals surface area contributed by atoms with Gasteiger partial charge in [0.15, 0.2) is 6.29 Å². The van der Waals surface area contributed by atoms with Crippen LogP contribution >= 0.6 is 0 Å². The molecule has 10 nitrogen and oxygen atoms in total. The van der Waals surface area contributed by atoms with Crippen LogP contribution in [0.25, 0.3) is 0 Å². The van der Waals surface area contributed by atoms with Crippen molar-refractivity contribution in [1.29, 1.82) is 0 Å². The van der Waals surface area contributed by atoms with E-state index in [0.29, 0.717) is 12.5 Å². The fourth-order valence-electron chi connectivity index (χ4n) is 1.28. The van der Waals surface area contributed by atoms with Crippen LogP contribution in [0.15, 0.2) is 0 Å². The molecule has 0 aromatic heterocycles. The molecule has 1 saturated carbocycles. The summed E-state index contributed by atoms with van der Waals surface area (Å²) >= 11 is 0. The van der Waals surface area contributed by atoms with Crippen molar-refractivity contribution in [1.82, 2.24) is 4.31 Å². The molecule has 0 bridgehead atoms. The van der Waals surface area contributed by atoms with E-state index in [0.717, 1.165) is 12.8 Å². The van der Waals surface area contributed by atoms with E-state index in [-0.39, 0.29) is 6.54 Å². The predicted molar refractivity (Wildman–Crippen MR) is 72.5 cm³/mol. The lowest BCUT2D eigenvalue weighted by Crippen LogP contribution is -2.43. The standard InChI is InChI=1S/C8H18N2O4S.H4N2O2S/c1-13-8(14-2)6-10(15(9,11)12)5-7-3-4-7;1-5(2,3)4/h7-8H,3-6H2,1-2H3,(H2,9,11,12);(H4,1,2,3,4). The van der Waals surface area contributed by atoms with Crippen molar-refractivity contribution in [3.8, 4) is 0 Å². The van der Waals surface area contributed by atoms with Crippen LogP contribution in [-0.4, -0.2) is 54.7 Å². The molecule has 0 spiro atoms. The molecule has 1 rings (SSSR count). The molecule has 0 aliphatic heterocycles. The van der Waals surface area contributed by atoms with Gasteiger partial charge in [0.25, 0.3) is 20.4 Å². The minimum Gasteiger partial charge on any atom is -0.354 e. The highest BCUT2D eigenvalue weighted by molar-refractivity contribution is 7.87. The molecule has 0 aromatic carbocycles. The van der Waals surface area contributed by atoms with E-state index in [1.165, 1.54) is 18.5 Å². The Morgan fingerprint density at radius 3 is 1.75 bits per heavy atom. The van der Waals surface area contributed by atoms with Gasteiger partial charge in [-0.25, -0.2) is 15.4 Å². The van der Waals surface area contributed by atoms with Crippen molar-refractivity contribution in [3.05, 3.63) is 0 Å². The van der Waals surface area contributed by atoms with E-state index in [9.17, 15) is 16.8 Å². The van der Waals surface area contributed by atoms with Crippen molar-refractivity contribution >= 4 is 20.4 Å². The molecule has 0 radical (unpaired) electrons. The van der Waals surface area contributed by atoms with Gasteiger partial charge in [0.1, 0.15) is 0 Å². The van der Waals surface area contributed by atoms with E-state index in [4.69, 9.17) is 14.6 Å². The molecular weight excluding hydrogens is 312 g/mol. The quantitative estimate of drug-likeness (QED) is 0.441. The molecule has 1 fully saturated rings. The summed E-state index contributed by atoms with van der Waals surface area (Å²) in [7, 11) is -4.40. The molecule has 0 amide bonds. The summed E-state index contributed by atoms with van der Waals surface area (Å²) in [5.74, 6) is 0.442. The molecule has 0 aromatic rings. The molecule has 0 saturated heterocycles. The average molecular weight is 334 g/mol. The lowest BCUT2D eigenvalue weighted by atomic mass is 10.4. The lowest BCUT2D eigenvalue weighted by molar-refractivity contribution is -0.108. The number of methoxy groups -OCH3 is 2. The van der Waals surface area contributed by atoms with Gasteiger partial charge in [-0.2, -0.15) is 21.1 Å². The van der Waals surface area contributed by atoms with Crippen LogP contribution in [0.1, 0.15) is 12.8 Å². The molecule has 6 N–H and O–H groups in total. The summed E-state index contributed by atoms with van der Waals surface area (Å²) in [5.41, 5.74) is 0. The largest absolute Gasteiger partial charge is 0.354 e. The highest BCUT2D eigenvalue weighted by Gasteiger charge is 2.30. The Hall–Kier alpha value is -0.340. The third kappa shape index (κ3) is 11.5. The smallest absolute Gasteiger partial charge is 0.277 e. The van der Waals surface area contributed by atoms with Crippen molar-refractivity contribution in [3.63, 3.8) is 0 Å². The topological polar surface area (TPSA) is 168 Å². The van der Waals surface area contributed by atoms with Crippen LogP contribution in [0.5, 0.6) is 0 Å². The van der Waals surface area contributed by atoms with E-state index < -0.39 is 26.7 Å². The maximum absolute atomic E-state index is 11.3. The first-order valence-corrected chi connectivity index (χ1v) is 8.72. The Kier molecular flexibility index (Phi) is 8.05. The second-order valence-corrected chi connectivity index (χ2v) is 7.02. The zero-order valence-corrected chi connectivity index (χ0v) is 13.1. The van der Waals surface area contributed by atoms with Gasteiger partial charge in [-0.3, -0.25) is 0 Å². The Labute approximate surface area is 119 Å². The summed E-state index contributed by atoms with van der Waals surface area (Å²) in [5, 5.41) is 13.3. The van der Waals surface area contributed by atoms with Gasteiger partial charge in [-0.15, -0.1) is 0 Å². The number of nitrogens with two attached hydrogens (primary N) is 3. The maximum atomic E-state index is 11.3. The monoisotopic (exact) mass is 334 g/mol. The van der Waals surface area contributed by atoms with Gasteiger partial charge < -0.3 is 9.47 Å². The fourth-order valence-corrected chi connectivity index (χ4v) is 2.03. The third-order valence-corrected chi connectivity index (χ3v) is 3.42. The van der Waals surface area contributed by atoms with Gasteiger partial charge in [-0.1, -0.05) is 0 Å². The molecule has 1 aliphatic carbocycles. The molecule has 20 heavy (non-hydrogen) atoms. The second-order valence-electron chi connectivity index (χ2n) is 4.30. The van der Waals surface area contributed by atoms with Crippen molar-refractivity contribution < 1.29 is 26.3 Å². The van der Waals surface area contributed by atoms with Crippen LogP contribution in [0, 0.1) is 5.92 Å². The van der Waals surface area contributed by atoms with Gasteiger partial charge in [0.05, 0.1) is 6.54 Å². The zero-order valence-electron chi connectivity index (χ0n) is 11.4. The van der Waals surface area contributed by atoms with Crippen LogP contribution in [-0.2, 0) is 29.9 Å². The Morgan fingerprint density at radius 2 is 1.50 bits per heavy atom. The second kappa shape index (κ2) is 8.19.